The van der Waals surface area contributed by atoms with Gasteiger partial charge in [0.2, 0.25) is 0 Å². The Balaban J connectivity index is 1.74. The highest BCUT2D eigenvalue weighted by Gasteiger charge is 2.41. The molecule has 0 aliphatic carbocycles. The standard InChI is InChI=1S/C23H29N5O4S/c1-15-9-12-28(23(15,2)3)21-17(7-8-18(25-21)16-10-13-32-14-11-16)22(29)27-33(30,31)20-6-4-5-19(24)26-20/h4-8,10,15H,9,11-14H2,1-3H3,(H2,24,26)(H,27,29). The van der Waals surface area contributed by atoms with Crippen LogP contribution in [0.15, 0.2) is 41.4 Å². The van der Waals surface area contributed by atoms with Crippen molar-refractivity contribution in [1.29, 1.82) is 0 Å². The lowest BCUT2D eigenvalue weighted by molar-refractivity contribution is 0.0981. The number of hydrogen-bond donors (Lipinski definition) is 2. The minimum absolute atomic E-state index is 0.0505. The summed E-state index contributed by atoms with van der Waals surface area (Å²) in [5.41, 5.74) is 7.38. The molecule has 0 saturated carbocycles. The van der Waals surface area contributed by atoms with E-state index in [0.717, 1.165) is 30.7 Å². The third-order valence-electron chi connectivity index (χ3n) is 6.60. The van der Waals surface area contributed by atoms with Gasteiger partial charge in [0.15, 0.2) is 5.03 Å². The Morgan fingerprint density at radius 2 is 2.03 bits per heavy atom. The summed E-state index contributed by atoms with van der Waals surface area (Å²) in [6.07, 6.45) is 3.66. The Bertz CT molecular complexity index is 1210. The molecule has 0 spiro atoms. The molecule has 9 nitrogen and oxygen atoms in total. The first-order valence-corrected chi connectivity index (χ1v) is 12.4. The van der Waals surface area contributed by atoms with Gasteiger partial charge >= 0.3 is 0 Å². The van der Waals surface area contributed by atoms with Crippen molar-refractivity contribution >= 4 is 33.1 Å². The zero-order chi connectivity index (χ0) is 23.8. The number of sulfonamides is 1. The summed E-state index contributed by atoms with van der Waals surface area (Å²) < 4.78 is 33.1. The Kier molecular flexibility index (Phi) is 6.15. The van der Waals surface area contributed by atoms with E-state index in [2.05, 4.69) is 35.4 Å². The number of ether oxygens (including phenoxy) is 1. The lowest BCUT2D eigenvalue weighted by Crippen LogP contribution is -2.44. The lowest BCUT2D eigenvalue weighted by atomic mass is 9.90. The summed E-state index contributed by atoms with van der Waals surface area (Å²) in [4.78, 5) is 24.0. The first-order valence-electron chi connectivity index (χ1n) is 10.9. The van der Waals surface area contributed by atoms with E-state index in [1.165, 1.54) is 18.2 Å². The zero-order valence-corrected chi connectivity index (χ0v) is 19.9. The van der Waals surface area contributed by atoms with Gasteiger partial charge in [-0.1, -0.05) is 19.1 Å². The summed E-state index contributed by atoms with van der Waals surface area (Å²) in [5.74, 6) is 0.142. The van der Waals surface area contributed by atoms with Gasteiger partial charge in [0.05, 0.1) is 24.5 Å². The second-order valence-electron chi connectivity index (χ2n) is 8.95. The van der Waals surface area contributed by atoms with Gasteiger partial charge in [0.1, 0.15) is 11.6 Å². The van der Waals surface area contributed by atoms with Gasteiger partial charge in [-0.2, -0.15) is 8.42 Å². The number of pyridine rings is 2. The molecule has 176 valence electrons. The smallest absolute Gasteiger partial charge is 0.281 e. The summed E-state index contributed by atoms with van der Waals surface area (Å²) in [6, 6.07) is 7.64. The van der Waals surface area contributed by atoms with Crippen molar-refractivity contribution < 1.29 is 17.9 Å². The number of anilines is 2. The molecule has 3 N–H and O–H groups in total. The van der Waals surface area contributed by atoms with Gasteiger partial charge in [-0.25, -0.2) is 14.7 Å². The monoisotopic (exact) mass is 471 g/mol. The van der Waals surface area contributed by atoms with E-state index < -0.39 is 15.9 Å². The Morgan fingerprint density at radius 3 is 2.67 bits per heavy atom. The van der Waals surface area contributed by atoms with Gasteiger partial charge in [-0.3, -0.25) is 4.79 Å². The normalized spacial score (nSPS) is 20.4. The highest BCUT2D eigenvalue weighted by molar-refractivity contribution is 7.90. The van der Waals surface area contributed by atoms with Crippen LogP contribution in [0.1, 0.15) is 49.7 Å². The molecule has 0 radical (unpaired) electrons. The number of nitrogens with one attached hydrogen (secondary N) is 1. The van der Waals surface area contributed by atoms with Crippen LogP contribution in [0, 0.1) is 5.92 Å². The molecule has 2 aromatic rings. The molecule has 0 aromatic carbocycles. The minimum Gasteiger partial charge on any atom is -0.384 e. The van der Waals surface area contributed by atoms with Crippen LogP contribution in [0.4, 0.5) is 11.6 Å². The molecule has 33 heavy (non-hydrogen) atoms. The van der Waals surface area contributed by atoms with Gasteiger partial charge in [0.25, 0.3) is 15.9 Å². The van der Waals surface area contributed by atoms with E-state index in [4.69, 9.17) is 15.5 Å². The quantitative estimate of drug-likeness (QED) is 0.681. The molecule has 1 unspecified atom stereocenters. The van der Waals surface area contributed by atoms with E-state index in [9.17, 15) is 13.2 Å². The highest BCUT2D eigenvalue weighted by Crippen LogP contribution is 2.39. The number of carbonyl (C=O) groups excluding carboxylic acids is 1. The Labute approximate surface area is 194 Å². The molecule has 4 rings (SSSR count). The summed E-state index contributed by atoms with van der Waals surface area (Å²) in [5, 5.41) is -0.315. The van der Waals surface area contributed by atoms with Crippen molar-refractivity contribution in [2.24, 2.45) is 5.92 Å². The topological polar surface area (TPSA) is 128 Å². The predicted octanol–water partition coefficient (Wildman–Crippen LogP) is 2.61. The van der Waals surface area contributed by atoms with Crippen LogP contribution in [0.3, 0.4) is 0 Å². The third-order valence-corrected chi connectivity index (χ3v) is 7.83. The Morgan fingerprint density at radius 1 is 1.24 bits per heavy atom. The molecule has 1 saturated heterocycles. The van der Waals surface area contributed by atoms with Crippen LogP contribution in [0.2, 0.25) is 0 Å². The van der Waals surface area contributed by atoms with E-state index in [1.807, 2.05) is 6.08 Å². The third kappa shape index (κ3) is 4.58. The predicted molar refractivity (Wildman–Crippen MR) is 126 cm³/mol. The van der Waals surface area contributed by atoms with Crippen LogP contribution < -0.4 is 15.4 Å². The molecule has 0 bridgehead atoms. The van der Waals surface area contributed by atoms with Crippen molar-refractivity contribution in [2.45, 2.75) is 44.2 Å². The second kappa shape index (κ2) is 8.75. The number of hydrogen-bond acceptors (Lipinski definition) is 8. The molecule has 2 aromatic heterocycles. The first-order chi connectivity index (χ1) is 15.6. The summed E-state index contributed by atoms with van der Waals surface area (Å²) in [7, 11) is -4.21. The van der Waals surface area contributed by atoms with E-state index in [1.54, 1.807) is 12.1 Å². The van der Waals surface area contributed by atoms with E-state index in [0.29, 0.717) is 24.9 Å². The van der Waals surface area contributed by atoms with Crippen LogP contribution in [0.5, 0.6) is 0 Å². The lowest BCUT2D eigenvalue weighted by Gasteiger charge is -2.36. The van der Waals surface area contributed by atoms with E-state index >= 15 is 0 Å². The molecule has 1 atom stereocenters. The maximum atomic E-state index is 13.2. The van der Waals surface area contributed by atoms with Crippen LogP contribution in [-0.4, -0.2) is 49.6 Å². The number of rotatable bonds is 5. The molecule has 1 amide bonds. The molecular formula is C23H29N5O4S. The number of carbonyl (C=O) groups is 1. The SMILES string of the molecule is CC1CCN(c2nc(C3=CCOCC3)ccc2C(=O)NS(=O)(=O)c2cccc(N)n2)C1(C)C. The van der Waals surface area contributed by atoms with Crippen LogP contribution in [-0.2, 0) is 14.8 Å². The van der Waals surface area contributed by atoms with Gasteiger partial charge in [-0.15, -0.1) is 0 Å². The number of amides is 1. The average Bonchev–Trinajstić information content (AvgIpc) is 3.05. The maximum absolute atomic E-state index is 13.2. The van der Waals surface area contributed by atoms with Crippen molar-refractivity contribution in [3.63, 3.8) is 0 Å². The largest absolute Gasteiger partial charge is 0.384 e. The minimum atomic E-state index is -4.21. The number of nitrogen functional groups attached to an aromatic ring is 1. The van der Waals surface area contributed by atoms with Crippen molar-refractivity contribution in [1.82, 2.24) is 14.7 Å². The summed E-state index contributed by atoms with van der Waals surface area (Å²) >= 11 is 0. The van der Waals surface area contributed by atoms with Crippen LogP contribution >= 0.6 is 0 Å². The Hall–Kier alpha value is -2.98. The fourth-order valence-electron chi connectivity index (χ4n) is 4.19. The molecule has 4 heterocycles. The fourth-order valence-corrected chi connectivity index (χ4v) is 5.13. The van der Waals surface area contributed by atoms with E-state index in [-0.39, 0.29) is 21.9 Å². The first kappa shape index (κ1) is 23.2. The number of aromatic nitrogens is 2. The van der Waals surface area contributed by atoms with Crippen LogP contribution in [0.25, 0.3) is 5.57 Å². The number of nitrogens with zero attached hydrogens (tertiary/aromatic N) is 3. The fraction of sp³-hybridized carbons (Fsp3) is 0.435. The zero-order valence-electron chi connectivity index (χ0n) is 19.0. The van der Waals surface area contributed by atoms with Gasteiger partial charge in [0, 0.05) is 12.1 Å². The average molecular weight is 472 g/mol. The molecule has 2 aliphatic rings. The van der Waals surface area contributed by atoms with Gasteiger partial charge in [-0.05, 0) is 62.4 Å². The highest BCUT2D eigenvalue weighted by atomic mass is 32.2. The second-order valence-corrected chi connectivity index (χ2v) is 10.6. The molecular weight excluding hydrogens is 442 g/mol. The molecule has 2 aliphatic heterocycles. The molecule has 10 heteroatoms. The van der Waals surface area contributed by atoms with Gasteiger partial charge < -0.3 is 15.4 Å². The number of nitrogens with two attached hydrogens (primary N) is 1. The van der Waals surface area contributed by atoms with Crippen molar-refractivity contribution in [3.8, 4) is 0 Å². The van der Waals surface area contributed by atoms with Crippen molar-refractivity contribution in [3.05, 3.63) is 47.7 Å². The summed E-state index contributed by atoms with van der Waals surface area (Å²) in [6.45, 7) is 8.25. The molecule has 1 fully saturated rings. The maximum Gasteiger partial charge on any atom is 0.281 e. The van der Waals surface area contributed by atoms with Crippen molar-refractivity contribution in [2.75, 3.05) is 30.4 Å².